The maximum absolute atomic E-state index is 12.9. The molecule has 0 saturated carbocycles. The van der Waals surface area contributed by atoms with Crippen molar-refractivity contribution in [2.45, 2.75) is 37.6 Å². The number of amides is 1. The number of aliphatic carboxylic acids is 1. The molecule has 1 aliphatic heterocycles. The lowest BCUT2D eigenvalue weighted by Crippen LogP contribution is -2.46. The zero-order chi connectivity index (χ0) is 20.4. The second-order valence-electron chi connectivity index (χ2n) is 6.45. The molecule has 1 amide bonds. The van der Waals surface area contributed by atoms with Crippen LogP contribution in [0.2, 0.25) is 0 Å². The van der Waals surface area contributed by atoms with Crippen molar-refractivity contribution in [1.29, 1.82) is 0 Å². The number of benzene rings is 1. The third-order valence-corrected chi connectivity index (χ3v) is 6.59. The fourth-order valence-corrected chi connectivity index (χ4v) is 4.58. The van der Waals surface area contributed by atoms with Gasteiger partial charge in [0.15, 0.2) is 0 Å². The number of carboxylic acid groups (broad SMARTS) is 1. The number of nitrogens with one attached hydrogen (secondary N) is 1. The Labute approximate surface area is 156 Å². The molecular weight excluding hydrogens is 378 g/mol. The third-order valence-electron chi connectivity index (χ3n) is 4.55. The summed E-state index contributed by atoms with van der Waals surface area (Å²) in [6.07, 6.45) is 0.483. The SMILES string of the molecule is Cc1ccc([N+](=O)[O-])cc1S(=O)(=O)N1CCC(C(=O)N[C@H](C)C(=O)O)CC1. The fraction of sp³-hybridized carbons (Fsp3) is 0.500. The Kier molecular flexibility index (Phi) is 6.16. The predicted molar refractivity (Wildman–Crippen MR) is 94.6 cm³/mol. The van der Waals surface area contributed by atoms with E-state index in [1.165, 1.54) is 23.4 Å². The quantitative estimate of drug-likeness (QED) is 0.533. The molecule has 2 rings (SSSR count). The molecule has 0 bridgehead atoms. The van der Waals surface area contributed by atoms with E-state index in [4.69, 9.17) is 5.11 Å². The summed E-state index contributed by atoms with van der Waals surface area (Å²) < 4.78 is 26.9. The summed E-state index contributed by atoms with van der Waals surface area (Å²) in [7, 11) is -3.93. The number of non-ortho nitro benzene ring substituents is 1. The Bertz CT molecular complexity index is 861. The van der Waals surface area contributed by atoms with Crippen molar-refractivity contribution in [3.8, 4) is 0 Å². The maximum atomic E-state index is 12.9. The zero-order valence-corrected chi connectivity index (χ0v) is 15.7. The molecule has 0 spiro atoms. The first-order valence-electron chi connectivity index (χ1n) is 8.32. The van der Waals surface area contributed by atoms with E-state index < -0.39 is 38.8 Å². The monoisotopic (exact) mass is 399 g/mol. The largest absolute Gasteiger partial charge is 0.480 e. The molecule has 10 nitrogen and oxygen atoms in total. The molecule has 1 heterocycles. The van der Waals surface area contributed by atoms with Gasteiger partial charge in [0.05, 0.1) is 9.82 Å². The minimum atomic E-state index is -3.93. The highest BCUT2D eigenvalue weighted by atomic mass is 32.2. The molecule has 1 aliphatic rings. The number of carboxylic acids is 1. The number of hydrogen-bond acceptors (Lipinski definition) is 6. The van der Waals surface area contributed by atoms with Gasteiger partial charge in [-0.25, -0.2) is 8.42 Å². The van der Waals surface area contributed by atoms with Crippen molar-refractivity contribution in [3.05, 3.63) is 33.9 Å². The van der Waals surface area contributed by atoms with E-state index in [-0.39, 0.29) is 36.5 Å². The van der Waals surface area contributed by atoms with Crippen LogP contribution in [-0.4, -0.2) is 53.8 Å². The molecule has 0 unspecified atom stereocenters. The number of carbonyl (C=O) groups excluding carboxylic acids is 1. The second-order valence-corrected chi connectivity index (χ2v) is 8.36. The molecule has 0 aliphatic carbocycles. The van der Waals surface area contributed by atoms with Gasteiger partial charge in [-0.3, -0.25) is 19.7 Å². The minimum Gasteiger partial charge on any atom is -0.480 e. The highest BCUT2D eigenvalue weighted by Gasteiger charge is 2.34. The smallest absolute Gasteiger partial charge is 0.325 e. The average Bonchev–Trinajstić information content (AvgIpc) is 2.61. The van der Waals surface area contributed by atoms with Crippen molar-refractivity contribution in [2.75, 3.05) is 13.1 Å². The van der Waals surface area contributed by atoms with E-state index in [0.717, 1.165) is 6.07 Å². The lowest BCUT2D eigenvalue weighted by Gasteiger charge is -2.31. The molecular formula is C16H21N3O7S. The molecule has 1 fully saturated rings. The van der Waals surface area contributed by atoms with E-state index in [1.807, 2.05) is 0 Å². The van der Waals surface area contributed by atoms with Gasteiger partial charge in [-0.1, -0.05) is 6.07 Å². The van der Waals surface area contributed by atoms with E-state index in [1.54, 1.807) is 6.92 Å². The normalized spacial score (nSPS) is 17.3. The topological polar surface area (TPSA) is 147 Å². The summed E-state index contributed by atoms with van der Waals surface area (Å²) in [5.41, 5.74) is 0.0897. The molecule has 1 aromatic rings. The molecule has 11 heteroatoms. The number of nitro groups is 1. The second kappa shape index (κ2) is 8.01. The maximum Gasteiger partial charge on any atom is 0.325 e. The van der Waals surface area contributed by atoms with Crippen molar-refractivity contribution in [3.63, 3.8) is 0 Å². The van der Waals surface area contributed by atoms with Gasteiger partial charge in [0.2, 0.25) is 15.9 Å². The molecule has 148 valence electrons. The molecule has 0 aromatic heterocycles. The first kappa shape index (κ1) is 20.8. The highest BCUT2D eigenvalue weighted by Crippen LogP contribution is 2.28. The summed E-state index contributed by atoms with van der Waals surface area (Å²) in [6.45, 7) is 3.06. The van der Waals surface area contributed by atoms with Crippen LogP contribution in [0.4, 0.5) is 5.69 Å². The summed E-state index contributed by atoms with van der Waals surface area (Å²) in [5.74, 6) is -2.05. The van der Waals surface area contributed by atoms with Crippen molar-refractivity contribution in [2.24, 2.45) is 5.92 Å². The van der Waals surface area contributed by atoms with Crippen LogP contribution in [0.25, 0.3) is 0 Å². The van der Waals surface area contributed by atoms with Crippen LogP contribution in [0.1, 0.15) is 25.3 Å². The Morgan fingerprint density at radius 2 is 1.93 bits per heavy atom. The number of nitrogens with zero attached hydrogens (tertiary/aromatic N) is 2. The van der Waals surface area contributed by atoms with Crippen LogP contribution in [0.15, 0.2) is 23.1 Å². The van der Waals surface area contributed by atoms with Gasteiger partial charge in [-0.05, 0) is 32.3 Å². The highest BCUT2D eigenvalue weighted by molar-refractivity contribution is 7.89. The van der Waals surface area contributed by atoms with Gasteiger partial charge in [0.1, 0.15) is 6.04 Å². The number of aryl methyl sites for hydroxylation is 1. The van der Waals surface area contributed by atoms with Crippen molar-refractivity contribution in [1.82, 2.24) is 9.62 Å². The summed E-state index contributed by atoms with van der Waals surface area (Å²) in [4.78, 5) is 33.1. The van der Waals surface area contributed by atoms with Crippen LogP contribution in [0, 0.1) is 23.0 Å². The van der Waals surface area contributed by atoms with Crippen LogP contribution in [0.5, 0.6) is 0 Å². The lowest BCUT2D eigenvalue weighted by atomic mass is 9.97. The number of piperidine rings is 1. The third kappa shape index (κ3) is 4.61. The summed E-state index contributed by atoms with van der Waals surface area (Å²) in [5, 5.41) is 22.2. The predicted octanol–water partition coefficient (Wildman–Crippen LogP) is 0.893. The van der Waals surface area contributed by atoms with Crippen LogP contribution in [0.3, 0.4) is 0 Å². The van der Waals surface area contributed by atoms with Crippen LogP contribution in [-0.2, 0) is 19.6 Å². The van der Waals surface area contributed by atoms with E-state index in [2.05, 4.69) is 5.32 Å². The molecule has 1 saturated heterocycles. The van der Waals surface area contributed by atoms with Gasteiger partial charge in [0, 0.05) is 31.1 Å². The Balaban J connectivity index is 2.11. The van der Waals surface area contributed by atoms with E-state index in [0.29, 0.717) is 5.56 Å². The Hall–Kier alpha value is -2.53. The van der Waals surface area contributed by atoms with E-state index in [9.17, 15) is 28.1 Å². The van der Waals surface area contributed by atoms with E-state index >= 15 is 0 Å². The Morgan fingerprint density at radius 1 is 1.33 bits per heavy atom. The van der Waals surface area contributed by atoms with Gasteiger partial charge >= 0.3 is 5.97 Å². The number of rotatable bonds is 6. The first-order chi connectivity index (χ1) is 12.5. The van der Waals surface area contributed by atoms with Crippen molar-refractivity contribution < 1.29 is 28.0 Å². The van der Waals surface area contributed by atoms with Gasteiger partial charge in [-0.15, -0.1) is 0 Å². The molecule has 1 atom stereocenters. The molecule has 27 heavy (non-hydrogen) atoms. The van der Waals surface area contributed by atoms with Gasteiger partial charge in [-0.2, -0.15) is 4.31 Å². The number of nitro benzene ring substituents is 1. The Morgan fingerprint density at radius 3 is 2.44 bits per heavy atom. The number of carbonyl (C=O) groups is 2. The molecule has 2 N–H and O–H groups in total. The number of hydrogen-bond donors (Lipinski definition) is 2. The summed E-state index contributed by atoms with van der Waals surface area (Å²) >= 11 is 0. The summed E-state index contributed by atoms with van der Waals surface area (Å²) in [6, 6.07) is 2.65. The van der Waals surface area contributed by atoms with Crippen LogP contribution < -0.4 is 5.32 Å². The van der Waals surface area contributed by atoms with Gasteiger partial charge < -0.3 is 10.4 Å². The number of sulfonamides is 1. The first-order valence-corrected chi connectivity index (χ1v) is 9.76. The molecule has 1 aromatic carbocycles. The standard InChI is InChI=1S/C16H21N3O7S/c1-10-3-4-13(19(23)24)9-14(10)27(25,26)18-7-5-12(6-8-18)15(20)17-11(2)16(21)22/h3-4,9,11-12H,5-8H2,1-2H3,(H,17,20)(H,21,22)/t11-/m1/s1. The van der Waals surface area contributed by atoms with Gasteiger partial charge in [0.25, 0.3) is 5.69 Å². The zero-order valence-electron chi connectivity index (χ0n) is 14.9. The lowest BCUT2D eigenvalue weighted by molar-refractivity contribution is -0.385. The minimum absolute atomic E-state index is 0.0734. The molecule has 0 radical (unpaired) electrons. The van der Waals surface area contributed by atoms with Crippen LogP contribution >= 0.6 is 0 Å². The average molecular weight is 399 g/mol. The fourth-order valence-electron chi connectivity index (χ4n) is 2.87. The van der Waals surface area contributed by atoms with Crippen molar-refractivity contribution >= 4 is 27.6 Å².